The fraction of sp³-hybridized carbons (Fsp3) is 0.167. The minimum absolute atomic E-state index is 0.0580. The summed E-state index contributed by atoms with van der Waals surface area (Å²) in [6.45, 7) is 0. The van der Waals surface area contributed by atoms with E-state index in [4.69, 9.17) is 21.1 Å². The number of rotatable bonds is 5. The van der Waals surface area contributed by atoms with Gasteiger partial charge in [-0.25, -0.2) is 4.79 Å². The molecule has 6 nitrogen and oxygen atoms in total. The van der Waals surface area contributed by atoms with Crippen molar-refractivity contribution < 1.29 is 27.5 Å². The lowest BCUT2D eigenvalue weighted by atomic mass is 9.97. The largest absolute Gasteiger partial charge is 0.465 e. The maximum atomic E-state index is 12.7. The average molecular weight is 412 g/mol. The van der Waals surface area contributed by atoms with Crippen molar-refractivity contribution in [3.05, 3.63) is 70.9 Å². The van der Waals surface area contributed by atoms with Gasteiger partial charge in [0.05, 0.1) is 18.0 Å². The van der Waals surface area contributed by atoms with E-state index in [1.165, 1.54) is 12.1 Å². The van der Waals surface area contributed by atoms with Gasteiger partial charge in [-0.05, 0) is 41.0 Å². The van der Waals surface area contributed by atoms with Gasteiger partial charge in [0.1, 0.15) is 0 Å². The van der Waals surface area contributed by atoms with Crippen LogP contribution in [0.4, 0.5) is 18.0 Å². The molecule has 28 heavy (non-hydrogen) atoms. The van der Waals surface area contributed by atoms with E-state index in [1.54, 1.807) is 18.2 Å². The number of nitrogens with one attached hydrogen (secondary N) is 1. The molecule has 1 unspecified atom stereocenters. The third-order valence-electron chi connectivity index (χ3n) is 4.00. The maximum absolute atomic E-state index is 12.7. The Morgan fingerprint density at radius 1 is 1.18 bits per heavy atom. The van der Waals surface area contributed by atoms with Crippen LogP contribution in [0.2, 0.25) is 5.02 Å². The third-order valence-corrected chi connectivity index (χ3v) is 4.34. The fourth-order valence-corrected chi connectivity index (χ4v) is 2.94. The highest BCUT2D eigenvalue weighted by Gasteiger charge is 2.30. The number of hydrogen-bond acceptors (Lipinski definition) is 4. The molecule has 2 N–H and O–H groups in total. The topological polar surface area (TPSA) is 88.2 Å². The summed E-state index contributed by atoms with van der Waals surface area (Å²) < 4.78 is 43.3. The van der Waals surface area contributed by atoms with E-state index in [1.807, 2.05) is 0 Å². The lowest BCUT2D eigenvalue weighted by molar-refractivity contribution is -0.137. The van der Waals surface area contributed by atoms with Gasteiger partial charge >= 0.3 is 12.3 Å². The SMILES string of the molecule is O=C(O)NC(Cc1nnco1)c1cc(-c2ccc(C(F)(F)F)cc2)ccc1Cl. The lowest BCUT2D eigenvalue weighted by Gasteiger charge is -2.18. The zero-order valence-corrected chi connectivity index (χ0v) is 14.8. The van der Waals surface area contributed by atoms with Crippen LogP contribution < -0.4 is 5.32 Å². The molecule has 0 aliphatic heterocycles. The Hall–Kier alpha value is -3.07. The van der Waals surface area contributed by atoms with Crippen LogP contribution >= 0.6 is 11.6 Å². The highest BCUT2D eigenvalue weighted by atomic mass is 35.5. The van der Waals surface area contributed by atoms with Crippen LogP contribution in [0.15, 0.2) is 53.3 Å². The molecule has 2 aromatic carbocycles. The fourth-order valence-electron chi connectivity index (χ4n) is 2.69. The van der Waals surface area contributed by atoms with Crippen molar-refractivity contribution in [1.82, 2.24) is 15.5 Å². The molecule has 1 amide bonds. The number of amides is 1. The number of carboxylic acid groups (broad SMARTS) is 1. The first-order chi connectivity index (χ1) is 13.2. The van der Waals surface area contributed by atoms with Crippen molar-refractivity contribution in [3.63, 3.8) is 0 Å². The van der Waals surface area contributed by atoms with E-state index >= 15 is 0 Å². The van der Waals surface area contributed by atoms with Crippen molar-refractivity contribution in [2.24, 2.45) is 0 Å². The molecule has 0 radical (unpaired) electrons. The van der Waals surface area contributed by atoms with Gasteiger partial charge in [0.25, 0.3) is 0 Å². The van der Waals surface area contributed by atoms with Gasteiger partial charge < -0.3 is 14.8 Å². The average Bonchev–Trinajstić information content (AvgIpc) is 3.14. The third kappa shape index (κ3) is 4.61. The van der Waals surface area contributed by atoms with Crippen LogP contribution in [0, 0.1) is 0 Å². The van der Waals surface area contributed by atoms with Gasteiger partial charge in [0.15, 0.2) is 0 Å². The molecule has 3 rings (SSSR count). The number of nitrogens with zero attached hydrogens (tertiary/aromatic N) is 2. The first-order valence-corrected chi connectivity index (χ1v) is 8.33. The van der Waals surface area contributed by atoms with Crippen molar-refractivity contribution >= 4 is 17.7 Å². The molecule has 1 aromatic heterocycles. The number of carbonyl (C=O) groups is 1. The van der Waals surface area contributed by atoms with Gasteiger partial charge in [-0.15, -0.1) is 10.2 Å². The van der Waals surface area contributed by atoms with Crippen molar-refractivity contribution in [2.75, 3.05) is 0 Å². The van der Waals surface area contributed by atoms with Crippen LogP contribution in [0.3, 0.4) is 0 Å². The van der Waals surface area contributed by atoms with Crippen LogP contribution in [-0.4, -0.2) is 21.4 Å². The summed E-state index contributed by atoms with van der Waals surface area (Å²) in [4.78, 5) is 11.2. The van der Waals surface area contributed by atoms with Crippen molar-refractivity contribution in [1.29, 1.82) is 0 Å². The van der Waals surface area contributed by atoms with E-state index in [2.05, 4.69) is 15.5 Å². The molecule has 1 atom stereocenters. The molecular weight excluding hydrogens is 399 g/mol. The Bertz CT molecular complexity index is 960. The number of aromatic nitrogens is 2. The summed E-state index contributed by atoms with van der Waals surface area (Å²) in [6.07, 6.45) is -4.53. The highest BCUT2D eigenvalue weighted by molar-refractivity contribution is 6.31. The molecule has 0 aliphatic carbocycles. The van der Waals surface area contributed by atoms with Gasteiger partial charge in [-0.2, -0.15) is 13.2 Å². The number of halogens is 4. The number of hydrogen-bond donors (Lipinski definition) is 2. The van der Waals surface area contributed by atoms with Gasteiger partial charge in [0.2, 0.25) is 12.3 Å². The summed E-state index contributed by atoms with van der Waals surface area (Å²) >= 11 is 6.24. The Balaban J connectivity index is 1.95. The van der Waals surface area contributed by atoms with Crippen LogP contribution in [-0.2, 0) is 12.6 Å². The van der Waals surface area contributed by atoms with Gasteiger partial charge in [0, 0.05) is 5.02 Å². The van der Waals surface area contributed by atoms with Crippen molar-refractivity contribution in [3.8, 4) is 11.1 Å². The monoisotopic (exact) mass is 411 g/mol. The summed E-state index contributed by atoms with van der Waals surface area (Å²) in [7, 11) is 0. The van der Waals surface area contributed by atoms with E-state index in [0.717, 1.165) is 18.5 Å². The van der Waals surface area contributed by atoms with E-state index in [0.29, 0.717) is 16.7 Å². The summed E-state index contributed by atoms with van der Waals surface area (Å²) in [5, 5.41) is 19.0. The molecule has 1 heterocycles. The van der Waals surface area contributed by atoms with E-state index in [9.17, 15) is 18.0 Å². The molecule has 0 spiro atoms. The predicted octanol–water partition coefficient (Wildman–Crippen LogP) is 4.96. The molecule has 0 aliphatic rings. The second kappa shape index (κ2) is 7.89. The summed E-state index contributed by atoms with van der Waals surface area (Å²) in [5.74, 6) is 0.203. The van der Waals surface area contributed by atoms with Crippen LogP contribution in [0.25, 0.3) is 11.1 Å². The lowest BCUT2D eigenvalue weighted by Crippen LogP contribution is -2.28. The second-order valence-corrected chi connectivity index (χ2v) is 6.26. The summed E-state index contributed by atoms with van der Waals surface area (Å²) in [5.41, 5.74) is 0.778. The summed E-state index contributed by atoms with van der Waals surface area (Å²) in [6, 6.07) is 8.65. The first-order valence-electron chi connectivity index (χ1n) is 7.95. The Kier molecular flexibility index (Phi) is 5.55. The molecule has 146 valence electrons. The molecule has 0 fully saturated rings. The zero-order valence-electron chi connectivity index (χ0n) is 14.1. The van der Waals surface area contributed by atoms with Crippen LogP contribution in [0.1, 0.15) is 23.1 Å². The van der Waals surface area contributed by atoms with E-state index < -0.39 is 23.9 Å². The normalized spacial score (nSPS) is 12.6. The number of benzene rings is 2. The molecular formula is C18H13ClF3N3O3. The molecule has 3 aromatic rings. The highest BCUT2D eigenvalue weighted by Crippen LogP contribution is 2.33. The Morgan fingerprint density at radius 3 is 2.43 bits per heavy atom. The van der Waals surface area contributed by atoms with Gasteiger partial charge in [-0.1, -0.05) is 29.8 Å². The Labute approximate surface area is 162 Å². The molecule has 0 saturated carbocycles. The molecule has 0 bridgehead atoms. The smallest absolute Gasteiger partial charge is 0.416 e. The molecule has 0 saturated heterocycles. The quantitative estimate of drug-likeness (QED) is 0.619. The zero-order chi connectivity index (χ0) is 20.3. The van der Waals surface area contributed by atoms with Crippen LogP contribution in [0.5, 0.6) is 0 Å². The van der Waals surface area contributed by atoms with Gasteiger partial charge in [-0.3, -0.25) is 0 Å². The first kappa shape index (κ1) is 19.7. The van der Waals surface area contributed by atoms with Crippen molar-refractivity contribution in [2.45, 2.75) is 18.6 Å². The minimum Gasteiger partial charge on any atom is -0.465 e. The maximum Gasteiger partial charge on any atom is 0.416 e. The number of alkyl halides is 3. The van der Waals surface area contributed by atoms with E-state index in [-0.39, 0.29) is 17.3 Å². The Morgan fingerprint density at radius 2 is 1.86 bits per heavy atom. The minimum atomic E-state index is -4.43. The molecule has 10 heteroatoms. The standard InChI is InChI=1S/C18H13ClF3N3O3/c19-14-6-3-11(10-1-4-12(5-2-10)18(20,21)22)7-13(14)15(24-17(26)27)8-16-25-23-9-28-16/h1-7,9,15,24H,8H2,(H,26,27). The second-order valence-electron chi connectivity index (χ2n) is 5.85. The predicted molar refractivity (Wildman–Crippen MR) is 93.8 cm³/mol.